The lowest BCUT2D eigenvalue weighted by molar-refractivity contribution is -0.139. The van der Waals surface area contributed by atoms with Crippen LogP contribution < -0.4 is 5.32 Å². The van der Waals surface area contributed by atoms with Crippen molar-refractivity contribution in [1.82, 2.24) is 10.2 Å². The first-order chi connectivity index (χ1) is 7.96. The molecule has 17 heavy (non-hydrogen) atoms. The number of likely N-dealkylation sites (N-methyl/N-ethyl adjacent to an activating group) is 1. The quantitative estimate of drug-likeness (QED) is 0.670. The maximum Gasteiger partial charge on any atom is 0.317 e. The van der Waals surface area contributed by atoms with Crippen LogP contribution in [0.2, 0.25) is 0 Å². The van der Waals surface area contributed by atoms with Gasteiger partial charge in [0.15, 0.2) is 0 Å². The number of aliphatic carboxylic acids is 1. The van der Waals surface area contributed by atoms with Crippen LogP contribution in [0.4, 0.5) is 0 Å². The minimum Gasteiger partial charge on any atom is -0.480 e. The Morgan fingerprint density at radius 3 is 2.12 bits per heavy atom. The number of amides is 1. The fourth-order valence-corrected chi connectivity index (χ4v) is 1.68. The summed E-state index contributed by atoms with van der Waals surface area (Å²) in [6.07, 6.45) is 1.78. The summed E-state index contributed by atoms with van der Waals surface area (Å²) in [7, 11) is 0. The molecule has 0 saturated heterocycles. The number of carbonyl (C=O) groups is 2. The Bertz CT molecular complexity index is 252. The molecule has 0 heterocycles. The Morgan fingerprint density at radius 1 is 1.24 bits per heavy atom. The third-order valence-corrected chi connectivity index (χ3v) is 3.00. The molecule has 0 spiro atoms. The molecule has 0 aromatic heterocycles. The van der Waals surface area contributed by atoms with Crippen LogP contribution in [0.15, 0.2) is 0 Å². The zero-order chi connectivity index (χ0) is 13.4. The van der Waals surface area contributed by atoms with E-state index in [1.807, 2.05) is 20.8 Å². The van der Waals surface area contributed by atoms with E-state index in [2.05, 4.69) is 5.32 Å². The molecule has 0 aliphatic rings. The number of carbonyl (C=O) groups excluding carboxylic acids is 1. The molecule has 1 amide bonds. The van der Waals surface area contributed by atoms with E-state index in [4.69, 9.17) is 5.11 Å². The fraction of sp³-hybridized carbons (Fsp3) is 0.833. The lowest BCUT2D eigenvalue weighted by Crippen LogP contribution is -2.49. The van der Waals surface area contributed by atoms with Gasteiger partial charge >= 0.3 is 5.97 Å². The summed E-state index contributed by atoms with van der Waals surface area (Å²) in [4.78, 5) is 24.2. The van der Waals surface area contributed by atoms with Crippen LogP contribution in [-0.4, -0.2) is 47.1 Å². The summed E-state index contributed by atoms with van der Waals surface area (Å²) in [6.45, 7) is 8.08. The SMILES string of the molecule is CCC(CC)NC(=O)C(C)N(CC)CC(=O)O. The maximum atomic E-state index is 11.9. The third kappa shape index (κ3) is 5.68. The van der Waals surface area contributed by atoms with Crippen molar-refractivity contribution in [1.29, 1.82) is 0 Å². The van der Waals surface area contributed by atoms with E-state index in [0.717, 1.165) is 12.8 Å². The predicted molar refractivity (Wildman–Crippen MR) is 66.9 cm³/mol. The van der Waals surface area contributed by atoms with Gasteiger partial charge in [-0.3, -0.25) is 14.5 Å². The van der Waals surface area contributed by atoms with Gasteiger partial charge in [-0.2, -0.15) is 0 Å². The molecule has 0 saturated carbocycles. The van der Waals surface area contributed by atoms with Crippen molar-refractivity contribution in [3.8, 4) is 0 Å². The molecule has 1 atom stereocenters. The van der Waals surface area contributed by atoms with Gasteiger partial charge in [0.05, 0.1) is 12.6 Å². The highest BCUT2D eigenvalue weighted by Gasteiger charge is 2.22. The molecule has 0 radical (unpaired) electrons. The number of carboxylic acid groups (broad SMARTS) is 1. The highest BCUT2D eigenvalue weighted by molar-refractivity contribution is 5.82. The zero-order valence-electron chi connectivity index (χ0n) is 11.2. The van der Waals surface area contributed by atoms with Gasteiger partial charge < -0.3 is 10.4 Å². The summed E-state index contributed by atoms with van der Waals surface area (Å²) < 4.78 is 0. The molecule has 1 unspecified atom stereocenters. The van der Waals surface area contributed by atoms with Crippen LogP contribution in [0.3, 0.4) is 0 Å². The molecule has 0 aliphatic heterocycles. The first-order valence-corrected chi connectivity index (χ1v) is 6.22. The number of hydrogen-bond donors (Lipinski definition) is 2. The number of rotatable bonds is 8. The van der Waals surface area contributed by atoms with Crippen molar-refractivity contribution in [3.63, 3.8) is 0 Å². The molecular weight excluding hydrogens is 220 g/mol. The molecular formula is C12H24N2O3. The molecule has 0 aromatic rings. The van der Waals surface area contributed by atoms with Gasteiger partial charge in [0.25, 0.3) is 0 Å². The first kappa shape index (κ1) is 15.9. The number of nitrogens with zero attached hydrogens (tertiary/aromatic N) is 1. The van der Waals surface area contributed by atoms with E-state index in [0.29, 0.717) is 6.54 Å². The van der Waals surface area contributed by atoms with Crippen LogP contribution in [0.1, 0.15) is 40.5 Å². The molecule has 0 aromatic carbocycles. The molecule has 0 aliphatic carbocycles. The van der Waals surface area contributed by atoms with Gasteiger partial charge in [0, 0.05) is 6.04 Å². The summed E-state index contributed by atoms with van der Waals surface area (Å²) in [6, 6.07) is -0.231. The van der Waals surface area contributed by atoms with Crippen molar-refractivity contribution in [2.45, 2.75) is 52.6 Å². The number of nitrogens with one attached hydrogen (secondary N) is 1. The Kier molecular flexibility index (Phi) is 7.54. The second kappa shape index (κ2) is 8.06. The zero-order valence-corrected chi connectivity index (χ0v) is 11.2. The monoisotopic (exact) mass is 244 g/mol. The van der Waals surface area contributed by atoms with Crippen molar-refractivity contribution in [2.24, 2.45) is 0 Å². The normalized spacial score (nSPS) is 12.8. The van der Waals surface area contributed by atoms with Gasteiger partial charge in [-0.15, -0.1) is 0 Å². The van der Waals surface area contributed by atoms with Gasteiger partial charge in [0.2, 0.25) is 5.91 Å². The molecule has 0 bridgehead atoms. The van der Waals surface area contributed by atoms with E-state index in [9.17, 15) is 9.59 Å². The Labute approximate surface area is 103 Å². The smallest absolute Gasteiger partial charge is 0.317 e. The van der Waals surface area contributed by atoms with Gasteiger partial charge in [-0.05, 0) is 26.3 Å². The highest BCUT2D eigenvalue weighted by atomic mass is 16.4. The molecule has 5 nitrogen and oxygen atoms in total. The minimum absolute atomic E-state index is 0.0956. The van der Waals surface area contributed by atoms with Crippen molar-refractivity contribution >= 4 is 11.9 Å². The molecule has 100 valence electrons. The van der Waals surface area contributed by atoms with Crippen molar-refractivity contribution < 1.29 is 14.7 Å². The Hall–Kier alpha value is -1.10. The fourth-order valence-electron chi connectivity index (χ4n) is 1.68. The number of carboxylic acids is 1. The van der Waals surface area contributed by atoms with Crippen molar-refractivity contribution in [3.05, 3.63) is 0 Å². The van der Waals surface area contributed by atoms with E-state index in [-0.39, 0.29) is 18.5 Å². The van der Waals surface area contributed by atoms with E-state index in [1.54, 1.807) is 11.8 Å². The van der Waals surface area contributed by atoms with Gasteiger partial charge in [0.1, 0.15) is 0 Å². The second-order valence-corrected chi connectivity index (χ2v) is 4.15. The van der Waals surface area contributed by atoms with Crippen LogP contribution in [0.25, 0.3) is 0 Å². The second-order valence-electron chi connectivity index (χ2n) is 4.15. The lowest BCUT2D eigenvalue weighted by atomic mass is 10.1. The summed E-state index contributed by atoms with van der Waals surface area (Å²) in [5.74, 6) is -1.00. The molecule has 0 fully saturated rings. The Morgan fingerprint density at radius 2 is 1.76 bits per heavy atom. The third-order valence-electron chi connectivity index (χ3n) is 3.00. The van der Waals surface area contributed by atoms with Crippen molar-refractivity contribution in [2.75, 3.05) is 13.1 Å². The Balaban J connectivity index is 4.39. The topological polar surface area (TPSA) is 69.6 Å². The van der Waals surface area contributed by atoms with Gasteiger partial charge in [-0.1, -0.05) is 20.8 Å². The standard InChI is InChI=1S/C12H24N2O3/c1-5-10(6-2)13-12(17)9(4)14(7-3)8-11(15)16/h9-10H,5-8H2,1-4H3,(H,13,17)(H,15,16). The molecule has 5 heteroatoms. The molecule has 0 rings (SSSR count). The van der Waals surface area contributed by atoms with Crippen LogP contribution in [-0.2, 0) is 9.59 Å². The summed E-state index contributed by atoms with van der Waals surface area (Å²) in [5, 5.41) is 11.7. The average Bonchev–Trinajstić information content (AvgIpc) is 2.31. The van der Waals surface area contributed by atoms with Gasteiger partial charge in [-0.25, -0.2) is 0 Å². The number of hydrogen-bond acceptors (Lipinski definition) is 3. The predicted octanol–water partition coefficient (Wildman–Crippen LogP) is 1.09. The molecule has 2 N–H and O–H groups in total. The van der Waals surface area contributed by atoms with E-state index < -0.39 is 12.0 Å². The summed E-state index contributed by atoms with van der Waals surface area (Å²) >= 11 is 0. The van der Waals surface area contributed by atoms with Crippen LogP contribution in [0, 0.1) is 0 Å². The van der Waals surface area contributed by atoms with Crippen LogP contribution in [0.5, 0.6) is 0 Å². The maximum absolute atomic E-state index is 11.9. The van der Waals surface area contributed by atoms with E-state index >= 15 is 0 Å². The lowest BCUT2D eigenvalue weighted by Gasteiger charge is -2.27. The minimum atomic E-state index is -0.908. The summed E-state index contributed by atoms with van der Waals surface area (Å²) in [5.41, 5.74) is 0. The highest BCUT2D eigenvalue weighted by Crippen LogP contribution is 2.02. The van der Waals surface area contributed by atoms with Crippen LogP contribution >= 0.6 is 0 Å². The largest absolute Gasteiger partial charge is 0.480 e. The first-order valence-electron chi connectivity index (χ1n) is 6.22. The van der Waals surface area contributed by atoms with E-state index in [1.165, 1.54) is 0 Å². The average molecular weight is 244 g/mol.